The Labute approximate surface area is 212 Å². The minimum Gasteiger partial charge on any atom is -0.510 e. The smallest absolute Gasteiger partial charge is 0.255 e. The van der Waals surface area contributed by atoms with Crippen molar-refractivity contribution < 1.29 is 34.8 Å². The number of allylic oxidation sites excluding steroid dienone is 1. The highest BCUT2D eigenvalue weighted by Gasteiger charge is 2.63. The van der Waals surface area contributed by atoms with E-state index in [-0.39, 0.29) is 29.7 Å². The van der Waals surface area contributed by atoms with Gasteiger partial charge in [0.1, 0.15) is 22.8 Å². The zero-order valence-electron chi connectivity index (χ0n) is 20.5. The number of fused-ring (bicyclic) bond motifs is 3. The normalized spacial score (nSPS) is 27.2. The first-order valence-corrected chi connectivity index (χ1v) is 11.8. The lowest BCUT2D eigenvalue weighted by molar-refractivity contribution is -0.148. The number of ketones is 2. The number of phenolic OH excluding ortho intramolecular Hbond substituents is 1. The van der Waals surface area contributed by atoms with Crippen molar-refractivity contribution in [2.24, 2.45) is 17.6 Å². The first-order chi connectivity index (χ1) is 17.4. The Bertz CT molecular complexity index is 1460. The summed E-state index contributed by atoms with van der Waals surface area (Å²) in [7, 11) is 3.18. The molecule has 6 N–H and O–H groups in total. The number of nitrogens with zero attached hydrogens (tertiary/aromatic N) is 2. The molecular weight excluding hydrogens is 478 g/mol. The fourth-order valence-electron chi connectivity index (χ4n) is 6.17. The number of primary amides is 1. The monoisotopic (exact) mass is 505 g/mol. The number of pyridine rings is 1. The van der Waals surface area contributed by atoms with Crippen LogP contribution in [0.15, 0.2) is 53.1 Å². The van der Waals surface area contributed by atoms with Gasteiger partial charge in [-0.05, 0) is 75.2 Å². The number of Topliss-reactive ketones (excluding diaryl/α,β-unsaturated/α-hetero) is 2. The van der Waals surface area contributed by atoms with Crippen molar-refractivity contribution in [3.63, 3.8) is 0 Å². The quantitative estimate of drug-likeness (QED) is 0.387. The van der Waals surface area contributed by atoms with Gasteiger partial charge in [-0.3, -0.25) is 24.3 Å². The molecule has 0 spiro atoms. The number of nitrogens with two attached hydrogens (primary N) is 1. The maximum Gasteiger partial charge on any atom is 0.255 e. The molecule has 0 saturated carbocycles. The highest BCUT2D eigenvalue weighted by atomic mass is 16.3. The van der Waals surface area contributed by atoms with E-state index in [9.17, 15) is 34.8 Å². The number of aliphatic hydroxyl groups is 3. The first-order valence-electron chi connectivity index (χ1n) is 11.8. The predicted molar refractivity (Wildman–Crippen MR) is 132 cm³/mol. The number of aliphatic hydroxyl groups excluding tert-OH is 2. The maximum absolute atomic E-state index is 13.8. The van der Waals surface area contributed by atoms with Gasteiger partial charge >= 0.3 is 0 Å². The van der Waals surface area contributed by atoms with Gasteiger partial charge < -0.3 is 26.2 Å². The van der Waals surface area contributed by atoms with E-state index >= 15 is 0 Å². The second kappa shape index (κ2) is 8.25. The van der Waals surface area contributed by atoms with E-state index in [1.807, 2.05) is 19.1 Å². The Hall–Kier alpha value is -4.02. The van der Waals surface area contributed by atoms with Gasteiger partial charge in [-0.25, -0.2) is 0 Å². The van der Waals surface area contributed by atoms with Crippen molar-refractivity contribution in [1.29, 1.82) is 0 Å². The van der Waals surface area contributed by atoms with E-state index in [1.165, 1.54) is 11.0 Å². The number of rotatable bonds is 3. The Kier molecular flexibility index (Phi) is 5.50. The molecule has 2 aromatic rings. The Morgan fingerprint density at radius 2 is 1.86 bits per heavy atom. The fraction of sp³-hybridized carbons (Fsp3) is 0.333. The van der Waals surface area contributed by atoms with Crippen molar-refractivity contribution in [3.05, 3.63) is 69.8 Å². The molecule has 0 aliphatic heterocycles. The van der Waals surface area contributed by atoms with Gasteiger partial charge in [-0.15, -0.1) is 0 Å². The molecule has 1 aromatic heterocycles. The summed E-state index contributed by atoms with van der Waals surface area (Å²) in [6, 6.07) is 5.71. The average Bonchev–Trinajstić information content (AvgIpc) is 2.81. The van der Waals surface area contributed by atoms with Crippen LogP contribution in [0.3, 0.4) is 0 Å². The maximum atomic E-state index is 13.8. The molecule has 10 nitrogen and oxygen atoms in total. The lowest BCUT2D eigenvalue weighted by Gasteiger charge is -2.50. The van der Waals surface area contributed by atoms with Crippen LogP contribution in [0.1, 0.15) is 27.9 Å². The van der Waals surface area contributed by atoms with Crippen molar-refractivity contribution in [2.45, 2.75) is 31.4 Å². The van der Waals surface area contributed by atoms with E-state index in [0.717, 1.165) is 5.56 Å². The third-order valence-corrected chi connectivity index (χ3v) is 7.80. The predicted octanol–water partition coefficient (Wildman–Crippen LogP) is 1.49. The largest absolute Gasteiger partial charge is 0.510 e. The van der Waals surface area contributed by atoms with Gasteiger partial charge in [0.15, 0.2) is 11.4 Å². The van der Waals surface area contributed by atoms with Crippen molar-refractivity contribution in [2.75, 3.05) is 14.1 Å². The summed E-state index contributed by atoms with van der Waals surface area (Å²) in [6.07, 6.45) is 1.88. The summed E-state index contributed by atoms with van der Waals surface area (Å²) >= 11 is 0. The lowest BCUT2D eigenvalue weighted by atomic mass is 9.58. The number of carbonyl (C=O) groups is 3. The second-order valence-electron chi connectivity index (χ2n) is 10.2. The Balaban J connectivity index is 1.73. The van der Waals surface area contributed by atoms with Crippen LogP contribution in [-0.2, 0) is 16.0 Å². The number of benzene rings is 1. The number of amides is 1. The van der Waals surface area contributed by atoms with Gasteiger partial charge in [0.05, 0.1) is 17.3 Å². The molecule has 192 valence electrons. The van der Waals surface area contributed by atoms with Crippen LogP contribution < -0.4 is 5.73 Å². The second-order valence-corrected chi connectivity index (χ2v) is 10.2. The summed E-state index contributed by atoms with van der Waals surface area (Å²) in [4.78, 5) is 45.1. The molecule has 3 aliphatic carbocycles. The molecule has 37 heavy (non-hydrogen) atoms. The molecule has 0 bridgehead atoms. The standard InChI is InChI=1S/C27H27N3O7/c1-11-6-7-29-16(8-11)13-4-5-17(31)19-14(13)9-12-10-15-21(30(2)3)23(33)20(26(28)36)25(35)27(15,37)24(34)18(12)22(19)32/h4-8,12,15,21,31,33-34,37H,9-10H2,1-3H3,(H2,28,36)/t12-,15-,21-,27-/m0/s1. The SMILES string of the molecule is Cc1ccnc(-c2ccc(O)c3c2C[C@H]2C[C@H]4[C@H](N(C)C)C(O)=C(C(N)=O)C(=O)[C@@]4(O)C(O)=C2C3=O)c1. The number of phenols is 1. The number of aromatic hydroxyl groups is 1. The Morgan fingerprint density at radius 1 is 1.16 bits per heavy atom. The fourth-order valence-corrected chi connectivity index (χ4v) is 6.17. The minimum atomic E-state index is -2.66. The zero-order chi connectivity index (χ0) is 27.0. The topological polar surface area (TPSA) is 174 Å². The number of likely N-dealkylation sites (N-methyl/N-ethyl adjacent to an activating group) is 1. The highest BCUT2D eigenvalue weighted by molar-refractivity contribution is 6.24. The molecule has 0 fully saturated rings. The minimum absolute atomic E-state index is 0.0299. The van der Waals surface area contributed by atoms with Crippen LogP contribution in [-0.4, -0.2) is 73.5 Å². The number of aryl methyl sites for hydroxylation is 1. The zero-order valence-corrected chi connectivity index (χ0v) is 20.5. The number of carbonyl (C=O) groups excluding carboxylic acids is 3. The summed E-state index contributed by atoms with van der Waals surface area (Å²) in [6.45, 7) is 1.91. The third-order valence-electron chi connectivity index (χ3n) is 7.80. The van der Waals surface area contributed by atoms with Crippen LogP contribution in [0, 0.1) is 18.8 Å². The van der Waals surface area contributed by atoms with E-state index in [4.69, 9.17) is 5.73 Å². The van der Waals surface area contributed by atoms with Gasteiger partial charge in [-0.2, -0.15) is 0 Å². The molecule has 0 saturated heterocycles. The summed E-state index contributed by atoms with van der Waals surface area (Å²) < 4.78 is 0. The van der Waals surface area contributed by atoms with Crippen LogP contribution in [0.25, 0.3) is 11.3 Å². The first kappa shape index (κ1) is 24.7. The van der Waals surface area contributed by atoms with Crippen molar-refractivity contribution in [3.8, 4) is 17.0 Å². The molecule has 0 unspecified atom stereocenters. The van der Waals surface area contributed by atoms with E-state index in [2.05, 4.69) is 4.98 Å². The van der Waals surface area contributed by atoms with Crippen LogP contribution in [0.2, 0.25) is 0 Å². The molecular formula is C27H27N3O7. The molecule has 1 heterocycles. The molecule has 5 rings (SSSR count). The van der Waals surface area contributed by atoms with E-state index in [0.29, 0.717) is 16.8 Å². The highest BCUT2D eigenvalue weighted by Crippen LogP contribution is 2.53. The van der Waals surface area contributed by atoms with Gasteiger partial charge in [0, 0.05) is 23.3 Å². The molecule has 3 aliphatic rings. The molecule has 4 atom stereocenters. The number of aromatic nitrogens is 1. The molecule has 10 heteroatoms. The number of hydrogen-bond donors (Lipinski definition) is 5. The molecule has 1 amide bonds. The van der Waals surface area contributed by atoms with Crippen molar-refractivity contribution >= 4 is 17.5 Å². The Morgan fingerprint density at radius 3 is 2.49 bits per heavy atom. The van der Waals surface area contributed by atoms with Crippen LogP contribution in [0.5, 0.6) is 5.75 Å². The number of hydrogen-bond acceptors (Lipinski definition) is 9. The molecule has 1 aromatic carbocycles. The lowest BCUT2D eigenvalue weighted by Crippen LogP contribution is -2.63. The van der Waals surface area contributed by atoms with E-state index < -0.39 is 58.0 Å². The van der Waals surface area contributed by atoms with Gasteiger partial charge in [0.2, 0.25) is 5.78 Å². The summed E-state index contributed by atoms with van der Waals surface area (Å²) in [5.41, 5.74) is 4.38. The average molecular weight is 506 g/mol. The third kappa shape index (κ3) is 3.32. The van der Waals surface area contributed by atoms with Gasteiger partial charge in [0.25, 0.3) is 5.91 Å². The van der Waals surface area contributed by atoms with Gasteiger partial charge in [-0.1, -0.05) is 0 Å². The van der Waals surface area contributed by atoms with Crippen LogP contribution >= 0.6 is 0 Å². The summed E-state index contributed by atoms with van der Waals surface area (Å²) in [5, 5.41) is 44.5. The van der Waals surface area contributed by atoms with E-state index in [1.54, 1.807) is 26.4 Å². The summed E-state index contributed by atoms with van der Waals surface area (Å²) in [5.74, 6) is -6.74. The molecule has 0 radical (unpaired) electrons. The van der Waals surface area contributed by atoms with Crippen molar-refractivity contribution in [1.82, 2.24) is 9.88 Å². The van der Waals surface area contributed by atoms with Crippen LogP contribution in [0.4, 0.5) is 0 Å².